The number of phenolic OH excluding ortho intramolecular Hbond substituents is 1. The zero-order chi connectivity index (χ0) is 20.7. The number of aromatic hydroxyl groups is 1. The molecule has 0 aliphatic rings. The van der Waals surface area contributed by atoms with Gasteiger partial charge in [0.25, 0.3) is 0 Å². The highest BCUT2D eigenvalue weighted by atomic mass is 35.5. The smallest absolute Gasteiger partial charge is 0.335 e. The molecular weight excluding hydrogens is 370 g/mol. The van der Waals surface area contributed by atoms with Crippen molar-refractivity contribution in [1.29, 1.82) is 0 Å². The van der Waals surface area contributed by atoms with Crippen LogP contribution in [0, 0.1) is 0 Å². The molecule has 0 fully saturated rings. The van der Waals surface area contributed by atoms with Gasteiger partial charge in [0.05, 0.1) is 11.1 Å². The third-order valence-corrected chi connectivity index (χ3v) is 3.30. The Morgan fingerprint density at radius 3 is 1.88 bits per heavy atom. The zero-order valence-corrected chi connectivity index (χ0v) is 15.3. The molecule has 0 aliphatic carbocycles. The second-order valence-corrected chi connectivity index (χ2v) is 6.83. The molecule has 148 valence electrons. The van der Waals surface area contributed by atoms with Gasteiger partial charge in [0.15, 0.2) is 12.2 Å². The fraction of sp³-hybridized carbons (Fsp3) is 0.500. The number of halogens is 1. The molecule has 26 heavy (non-hydrogen) atoms. The van der Waals surface area contributed by atoms with Crippen LogP contribution < -0.4 is 5.32 Å². The lowest BCUT2D eigenvalue weighted by molar-refractivity contribution is -0.165. The number of hydrogen-bond acceptors (Lipinski definition) is 7. The summed E-state index contributed by atoms with van der Waals surface area (Å²) in [5.74, 6) is -3.44. The van der Waals surface area contributed by atoms with Crippen LogP contribution in [-0.4, -0.2) is 66.9 Å². The quantitative estimate of drug-likeness (QED) is 0.360. The number of phenols is 1. The van der Waals surface area contributed by atoms with Gasteiger partial charge in [-0.1, -0.05) is 17.7 Å². The number of aliphatic hydroxyl groups excluding tert-OH is 3. The standard InChI is InChI=1S/C12H18ClNO2.C4H6O6/c1-12(2,3)14-7-11(16)9-5-4-8(15)6-10(9)13;5-1(3(7)8)2(6)4(9)10/h4-6,11,14-16H,7H2,1-3H3;1-2,5-6H,(H,7,8)(H,9,10)/t11-;1-,2-/m11/s1. The molecule has 1 rings (SSSR count). The second kappa shape index (κ2) is 10.3. The summed E-state index contributed by atoms with van der Waals surface area (Å²) in [4.78, 5) is 19.5. The van der Waals surface area contributed by atoms with E-state index in [0.717, 1.165) is 0 Å². The number of hydrogen-bond donors (Lipinski definition) is 7. The summed E-state index contributed by atoms with van der Waals surface area (Å²) in [7, 11) is 0. The first-order valence-electron chi connectivity index (χ1n) is 7.49. The molecule has 0 amide bonds. The monoisotopic (exact) mass is 393 g/mol. The van der Waals surface area contributed by atoms with E-state index >= 15 is 0 Å². The summed E-state index contributed by atoms with van der Waals surface area (Å²) in [6, 6.07) is 4.57. The first-order chi connectivity index (χ1) is 11.8. The van der Waals surface area contributed by atoms with Crippen LogP contribution in [0.15, 0.2) is 18.2 Å². The van der Waals surface area contributed by atoms with Gasteiger partial charge in [0.1, 0.15) is 5.75 Å². The minimum atomic E-state index is -2.27. The topological polar surface area (TPSA) is 168 Å². The Bertz CT molecular complexity index is 599. The van der Waals surface area contributed by atoms with Crippen LogP contribution in [0.25, 0.3) is 0 Å². The number of carboxylic acid groups (broad SMARTS) is 2. The Morgan fingerprint density at radius 2 is 1.54 bits per heavy atom. The normalized spacial score (nSPS) is 14.6. The molecule has 7 N–H and O–H groups in total. The predicted molar refractivity (Wildman–Crippen MR) is 93.1 cm³/mol. The maximum Gasteiger partial charge on any atom is 0.335 e. The number of aliphatic carboxylic acids is 2. The molecule has 0 radical (unpaired) electrons. The van der Waals surface area contributed by atoms with Crippen molar-refractivity contribution in [2.24, 2.45) is 0 Å². The number of rotatable bonds is 6. The van der Waals surface area contributed by atoms with Crippen LogP contribution in [0.5, 0.6) is 5.75 Å². The van der Waals surface area contributed by atoms with Crippen LogP contribution in [0.2, 0.25) is 5.02 Å². The Labute approximate surface area is 155 Å². The number of carbonyl (C=O) groups is 2. The highest BCUT2D eigenvalue weighted by molar-refractivity contribution is 6.31. The van der Waals surface area contributed by atoms with Gasteiger partial charge < -0.3 is 36.0 Å². The van der Waals surface area contributed by atoms with Gasteiger partial charge in [-0.05, 0) is 32.9 Å². The van der Waals surface area contributed by atoms with Crippen molar-refractivity contribution in [2.75, 3.05) is 6.54 Å². The molecule has 0 aromatic heterocycles. The maximum absolute atomic E-state index is 9.93. The Hall–Kier alpha value is -1.91. The van der Waals surface area contributed by atoms with E-state index < -0.39 is 30.3 Å². The van der Waals surface area contributed by atoms with Gasteiger partial charge in [-0.15, -0.1) is 0 Å². The predicted octanol–water partition coefficient (Wildman–Crippen LogP) is 0.344. The summed E-state index contributed by atoms with van der Waals surface area (Å²) in [6.45, 7) is 6.50. The lowest BCUT2D eigenvalue weighted by Crippen LogP contribution is -2.39. The number of carboxylic acids is 2. The third-order valence-electron chi connectivity index (χ3n) is 2.97. The minimum absolute atomic E-state index is 0.0512. The van der Waals surface area contributed by atoms with Crippen molar-refractivity contribution in [2.45, 2.75) is 44.6 Å². The third kappa shape index (κ3) is 8.97. The average molecular weight is 394 g/mol. The molecule has 3 atom stereocenters. The first-order valence-corrected chi connectivity index (χ1v) is 7.87. The molecule has 0 saturated heterocycles. The second-order valence-electron chi connectivity index (χ2n) is 6.42. The SMILES string of the molecule is CC(C)(C)NC[C@@H](O)c1ccc(O)cc1Cl.O=C(O)[C@H](O)[C@@H](O)C(=O)O. The van der Waals surface area contributed by atoms with E-state index in [9.17, 15) is 19.8 Å². The molecule has 0 aliphatic heterocycles. The van der Waals surface area contributed by atoms with Crippen LogP contribution in [0.1, 0.15) is 32.4 Å². The van der Waals surface area contributed by atoms with Crippen LogP contribution in [0.3, 0.4) is 0 Å². The largest absolute Gasteiger partial charge is 0.508 e. The van der Waals surface area contributed by atoms with Gasteiger partial charge in [-0.25, -0.2) is 9.59 Å². The van der Waals surface area contributed by atoms with Gasteiger partial charge in [-0.2, -0.15) is 0 Å². The minimum Gasteiger partial charge on any atom is -0.508 e. The molecular formula is C16H24ClNO8. The molecule has 0 bridgehead atoms. The Balaban J connectivity index is 0.000000541. The summed E-state index contributed by atoms with van der Waals surface area (Å²) in [5, 5.41) is 55.2. The lowest BCUT2D eigenvalue weighted by atomic mass is 10.1. The van der Waals surface area contributed by atoms with Crippen molar-refractivity contribution in [3.63, 3.8) is 0 Å². The van der Waals surface area contributed by atoms with E-state index in [1.807, 2.05) is 20.8 Å². The van der Waals surface area contributed by atoms with E-state index in [2.05, 4.69) is 5.32 Å². The molecule has 0 heterocycles. The Morgan fingerprint density at radius 1 is 1.08 bits per heavy atom. The van der Waals surface area contributed by atoms with E-state index in [4.69, 9.17) is 32.0 Å². The van der Waals surface area contributed by atoms with Crippen LogP contribution in [0.4, 0.5) is 0 Å². The number of nitrogens with one attached hydrogen (secondary N) is 1. The zero-order valence-electron chi connectivity index (χ0n) is 14.5. The van der Waals surface area contributed by atoms with Gasteiger partial charge >= 0.3 is 11.9 Å². The van der Waals surface area contributed by atoms with Gasteiger partial charge in [0.2, 0.25) is 0 Å². The van der Waals surface area contributed by atoms with E-state index in [1.165, 1.54) is 12.1 Å². The number of benzene rings is 1. The Kier molecular flexibility index (Phi) is 9.53. The maximum atomic E-state index is 9.93. The van der Waals surface area contributed by atoms with E-state index in [-0.39, 0.29) is 11.3 Å². The van der Waals surface area contributed by atoms with Crippen LogP contribution >= 0.6 is 11.6 Å². The molecule has 1 aromatic rings. The van der Waals surface area contributed by atoms with Gasteiger partial charge in [-0.3, -0.25) is 0 Å². The first kappa shape index (κ1) is 24.1. The summed E-state index contributed by atoms with van der Waals surface area (Å²) >= 11 is 5.93. The number of aliphatic hydroxyl groups is 3. The van der Waals surface area contributed by atoms with Crippen molar-refractivity contribution in [1.82, 2.24) is 5.32 Å². The van der Waals surface area contributed by atoms with E-state index in [0.29, 0.717) is 17.1 Å². The van der Waals surface area contributed by atoms with Crippen molar-refractivity contribution in [3.8, 4) is 5.75 Å². The van der Waals surface area contributed by atoms with Gasteiger partial charge in [0, 0.05) is 17.6 Å². The average Bonchev–Trinajstić information content (AvgIpc) is 2.50. The fourth-order valence-corrected chi connectivity index (χ4v) is 1.87. The molecule has 9 nitrogen and oxygen atoms in total. The van der Waals surface area contributed by atoms with Crippen molar-refractivity contribution in [3.05, 3.63) is 28.8 Å². The molecule has 0 unspecified atom stereocenters. The fourth-order valence-electron chi connectivity index (χ4n) is 1.57. The molecule has 0 spiro atoms. The summed E-state index contributed by atoms with van der Waals surface area (Å²) in [5.41, 5.74) is 0.570. The highest BCUT2D eigenvalue weighted by Gasteiger charge is 2.29. The molecule has 0 saturated carbocycles. The summed E-state index contributed by atoms with van der Waals surface area (Å²) in [6.07, 6.45) is -5.21. The molecule has 10 heteroatoms. The lowest BCUT2D eigenvalue weighted by Gasteiger charge is -2.23. The highest BCUT2D eigenvalue weighted by Crippen LogP contribution is 2.26. The van der Waals surface area contributed by atoms with Crippen molar-refractivity contribution >= 4 is 23.5 Å². The van der Waals surface area contributed by atoms with E-state index in [1.54, 1.807) is 6.07 Å². The molecule has 1 aromatic carbocycles. The van der Waals surface area contributed by atoms with Crippen LogP contribution in [-0.2, 0) is 9.59 Å². The number of β-amino-alcohol motifs (C(OH)–C–C–N with tert-alkyl or cyclic N) is 1. The summed E-state index contributed by atoms with van der Waals surface area (Å²) < 4.78 is 0. The van der Waals surface area contributed by atoms with Crippen molar-refractivity contribution < 1.29 is 40.2 Å².